The third-order valence-electron chi connectivity index (χ3n) is 18.5. The molecule has 8 N–H and O–H groups in total. The normalized spacial score (nSPS) is 25.6. The monoisotopic (exact) mass is 1280 g/mol. The lowest BCUT2D eigenvalue weighted by Crippen LogP contribution is -2.64. The summed E-state index contributed by atoms with van der Waals surface area (Å²) in [6.07, 6.45) is 2.27. The Morgan fingerprint density at radius 3 is 2.36 bits per heavy atom. The summed E-state index contributed by atoms with van der Waals surface area (Å²) >= 11 is 1.38. The van der Waals surface area contributed by atoms with E-state index in [1.165, 1.54) is 16.2 Å². The van der Waals surface area contributed by atoms with Gasteiger partial charge in [0.05, 0.1) is 39.9 Å². The van der Waals surface area contributed by atoms with Crippen LogP contribution in [0.5, 0.6) is 5.75 Å². The van der Waals surface area contributed by atoms with Crippen molar-refractivity contribution in [2.24, 2.45) is 16.2 Å². The summed E-state index contributed by atoms with van der Waals surface area (Å²) in [5.41, 5.74) is 4.88. The number of aliphatic hydroxyl groups excluding tert-OH is 3. The van der Waals surface area contributed by atoms with Gasteiger partial charge in [0.2, 0.25) is 12.2 Å². The number of aromatic carboxylic acids is 1. The summed E-state index contributed by atoms with van der Waals surface area (Å²) in [6, 6.07) is 21.7. The first-order chi connectivity index (χ1) is 43.9. The summed E-state index contributed by atoms with van der Waals surface area (Å²) in [5, 5.41) is 63.8. The molecule has 2 aliphatic heterocycles. The van der Waals surface area contributed by atoms with Crippen molar-refractivity contribution in [1.82, 2.24) is 39.8 Å². The lowest BCUT2D eigenvalue weighted by molar-refractivity contribution is -0.271. The molecule has 0 radical (unpaired) electrons. The molecule has 4 aliphatic carbocycles. The molecule has 5 amide bonds. The molecular weight excluding hydrogens is 1210 g/mol. The van der Waals surface area contributed by atoms with Crippen molar-refractivity contribution in [2.45, 2.75) is 128 Å². The number of fused-ring (bicyclic) bond motifs is 2. The number of benzene rings is 3. The van der Waals surface area contributed by atoms with Crippen LogP contribution in [0.3, 0.4) is 0 Å². The Morgan fingerprint density at radius 2 is 1.62 bits per heavy atom. The van der Waals surface area contributed by atoms with Gasteiger partial charge in [0.25, 0.3) is 17.7 Å². The summed E-state index contributed by atoms with van der Waals surface area (Å²) < 4.78 is 27.1. The Bertz CT molecular complexity index is 4050. The molecule has 1 saturated heterocycles. The van der Waals surface area contributed by atoms with Gasteiger partial charge in [0.1, 0.15) is 37.2 Å². The number of aromatic nitrogens is 5. The van der Waals surface area contributed by atoms with Crippen molar-refractivity contribution >= 4 is 79.2 Å². The van der Waals surface area contributed by atoms with E-state index in [0.717, 1.165) is 77.0 Å². The highest BCUT2D eigenvalue weighted by Crippen LogP contribution is 2.72. The van der Waals surface area contributed by atoms with Crippen molar-refractivity contribution in [3.63, 3.8) is 0 Å². The number of unbranched alkanes of at least 4 members (excludes halogenated alkanes) is 1. The number of aromatic amines is 1. The van der Waals surface area contributed by atoms with Gasteiger partial charge in [-0.2, -0.15) is 5.10 Å². The van der Waals surface area contributed by atoms with E-state index in [9.17, 15) is 59.1 Å². The molecule has 7 aromatic rings. The number of hydrogen-bond donors (Lipinski definition) is 8. The Morgan fingerprint density at radius 1 is 0.859 bits per heavy atom. The molecule has 0 spiro atoms. The van der Waals surface area contributed by atoms with E-state index in [4.69, 9.17) is 29.0 Å². The maximum Gasteiger partial charge on any atom is 0.409 e. The molecule has 7 atom stereocenters. The van der Waals surface area contributed by atoms with Crippen LogP contribution in [0.25, 0.3) is 43.5 Å². The number of aliphatic hydroxyl groups is 3. The SMILES string of the molecule is Cc1c(-c2ccc(-c3ccc4[nH]cc(C(=O)Nc5nc6ccccc6s5)c4c3)nc2C(=O)O)cnn1CC12CC3(C)CC(C)(C1)CC(OCCN(C)C(=O)OCc1ccc(CCCCNC(=O)CN4C(=O)C=CC4=O)cc1O[C@@H]1O[C@H](C(=O)O)[C@@H](O)[C@H](O)[C@H]1O)(C3)C2. The number of carboxylic acids is 2. The Balaban J connectivity index is 0.686. The highest BCUT2D eigenvalue weighted by atomic mass is 32.1. The van der Waals surface area contributed by atoms with Gasteiger partial charge in [-0.1, -0.05) is 55.5 Å². The Kier molecular flexibility index (Phi) is 17.1. The van der Waals surface area contributed by atoms with Crippen LogP contribution in [-0.4, -0.2) is 171 Å². The minimum Gasteiger partial charge on any atom is -0.479 e. The number of aryl methyl sites for hydroxylation is 1. The molecule has 2 unspecified atom stereocenters. The number of ether oxygens (including phenoxy) is 4. The van der Waals surface area contributed by atoms with Crippen molar-refractivity contribution in [2.75, 3.05) is 38.6 Å². The largest absolute Gasteiger partial charge is 0.479 e. The lowest BCUT2D eigenvalue weighted by atomic mass is 9.39. The van der Waals surface area contributed by atoms with Gasteiger partial charge in [-0.05, 0) is 129 Å². The van der Waals surface area contributed by atoms with Crippen LogP contribution in [0.2, 0.25) is 0 Å². The van der Waals surface area contributed by atoms with Crippen molar-refractivity contribution in [1.29, 1.82) is 0 Å². The summed E-state index contributed by atoms with van der Waals surface area (Å²) in [5.74, 6) is -4.72. The topological polar surface area (TPSA) is 347 Å². The fourth-order valence-corrected chi connectivity index (χ4v) is 16.2. The number of carboxylic acid groups (broad SMARTS) is 2. The van der Waals surface area contributed by atoms with Crippen LogP contribution in [0.1, 0.15) is 103 Å². The van der Waals surface area contributed by atoms with Crippen LogP contribution in [0, 0.1) is 23.2 Å². The molecule has 482 valence electrons. The summed E-state index contributed by atoms with van der Waals surface area (Å²) in [6.45, 7) is 7.08. The average molecular weight is 1280 g/mol. The van der Waals surface area contributed by atoms with Gasteiger partial charge in [-0.15, -0.1) is 0 Å². The number of para-hydroxylation sites is 1. The Hall–Kier alpha value is -8.92. The smallest absolute Gasteiger partial charge is 0.409 e. The third-order valence-corrected chi connectivity index (χ3v) is 19.4. The number of hydrogen-bond acceptors (Lipinski definition) is 18. The van der Waals surface area contributed by atoms with Gasteiger partial charge >= 0.3 is 18.0 Å². The van der Waals surface area contributed by atoms with Crippen LogP contribution >= 0.6 is 11.3 Å². The first kappa shape index (κ1) is 63.2. The molecule has 25 nitrogen and oxygen atoms in total. The fourth-order valence-electron chi connectivity index (χ4n) is 15.4. The second-order valence-corrected chi connectivity index (χ2v) is 27.0. The quantitative estimate of drug-likeness (QED) is 0.0236. The predicted molar refractivity (Wildman–Crippen MR) is 333 cm³/mol. The number of pyridine rings is 1. The highest BCUT2D eigenvalue weighted by Gasteiger charge is 2.66. The van der Waals surface area contributed by atoms with E-state index in [0.29, 0.717) is 75.4 Å². The molecule has 13 rings (SSSR count). The zero-order valence-electron chi connectivity index (χ0n) is 51.0. The summed E-state index contributed by atoms with van der Waals surface area (Å²) in [7, 11) is 1.59. The predicted octanol–water partition coefficient (Wildman–Crippen LogP) is 7.00. The summed E-state index contributed by atoms with van der Waals surface area (Å²) in [4.78, 5) is 103. The van der Waals surface area contributed by atoms with E-state index >= 15 is 0 Å². The number of amides is 5. The maximum atomic E-state index is 13.7. The third kappa shape index (κ3) is 12.9. The van der Waals surface area contributed by atoms with Gasteiger partial charge in [-0.3, -0.25) is 34.1 Å². The molecule has 4 saturated carbocycles. The number of likely N-dealkylation sites (N-methyl/N-ethyl adjacent to an activating group) is 1. The molecule has 4 aromatic heterocycles. The van der Waals surface area contributed by atoms with Gasteiger partial charge in [0.15, 0.2) is 16.9 Å². The van der Waals surface area contributed by atoms with Crippen molar-refractivity contribution < 1.29 is 78.0 Å². The molecular formula is C66H71N9O16S. The lowest BCUT2D eigenvalue weighted by Gasteiger charge is -2.69. The number of rotatable bonds is 23. The minimum absolute atomic E-state index is 0.0412. The van der Waals surface area contributed by atoms with Crippen LogP contribution in [0.15, 0.2) is 97.3 Å². The number of nitrogens with zero attached hydrogens (tertiary/aromatic N) is 6. The van der Waals surface area contributed by atoms with E-state index in [-0.39, 0.29) is 59.9 Å². The maximum absolute atomic E-state index is 13.7. The van der Waals surface area contributed by atoms with Crippen LogP contribution in [0.4, 0.5) is 9.93 Å². The number of imide groups is 1. The Labute approximate surface area is 531 Å². The fraction of sp³-hybridized carbons (Fsp3) is 0.424. The van der Waals surface area contributed by atoms with E-state index in [2.05, 4.69) is 34.4 Å². The second-order valence-electron chi connectivity index (χ2n) is 26.0. The number of anilines is 1. The van der Waals surface area contributed by atoms with Gasteiger partial charge in [0, 0.05) is 83.9 Å². The molecule has 92 heavy (non-hydrogen) atoms. The van der Waals surface area contributed by atoms with E-state index in [1.807, 2.05) is 54.1 Å². The molecule has 3 aromatic carbocycles. The first-order valence-corrected chi connectivity index (χ1v) is 31.3. The minimum atomic E-state index is -1.96. The number of thiazole rings is 1. The first-order valence-electron chi connectivity index (χ1n) is 30.5. The molecule has 26 heteroatoms. The van der Waals surface area contributed by atoms with E-state index in [1.54, 1.807) is 49.8 Å². The molecule has 5 fully saturated rings. The molecule has 6 aliphatic rings. The van der Waals surface area contributed by atoms with E-state index < -0.39 is 78.6 Å². The number of H-pyrrole nitrogens is 1. The second kappa shape index (κ2) is 24.9. The number of nitrogens with one attached hydrogen (secondary N) is 3. The zero-order valence-corrected chi connectivity index (χ0v) is 51.9. The molecule has 6 heterocycles. The van der Waals surface area contributed by atoms with Crippen LogP contribution in [-0.2, 0) is 53.0 Å². The number of carbonyl (C=O) groups is 7. The van der Waals surface area contributed by atoms with Crippen LogP contribution < -0.4 is 15.4 Å². The van der Waals surface area contributed by atoms with Crippen molar-refractivity contribution in [3.8, 4) is 28.1 Å². The van der Waals surface area contributed by atoms with Crippen molar-refractivity contribution in [3.05, 3.63) is 125 Å². The van der Waals surface area contributed by atoms with Gasteiger partial charge < -0.3 is 59.7 Å². The molecule has 4 bridgehead atoms. The number of aliphatic carboxylic acids is 1. The average Bonchev–Trinajstić information content (AvgIpc) is 0.751. The zero-order chi connectivity index (χ0) is 65.0. The van der Waals surface area contributed by atoms with Gasteiger partial charge in [-0.25, -0.2) is 24.4 Å². The number of carbonyl (C=O) groups excluding carboxylic acids is 5. The standard InChI is InChI=1S/C66H71N9O16S/c1-36-42(40-15-17-44(70-52(40)58(83)84)38-14-16-45-41(24-38)43(25-68-45)57(82)72-61-71-46-10-5-6-11-48(46)92-61)26-69-75(36)35-65-30-63(2)29-64(3,31-65)33-66(32-63,34-65)89-22-21-73(4)62(87)88-28-39-13-12-37(9-7-8-20-67-49(76)27-74-50(77)18-19-51(74)78)23-47(39)90-60-55(81)53(79)54(80)56(91-60)59(85)86/h5-6,10-19,23-26,53-56,60,68,79-81H,7-9,20-22,27-35H2,1-4H3,(H,67,76)(H,83,84)(H,85,86)(H,71,72,82)/t53-,54-,55+,56-,60+,63?,64?,65?,66?/m0/s1. The highest BCUT2D eigenvalue weighted by molar-refractivity contribution is 7.22.